The van der Waals surface area contributed by atoms with Gasteiger partial charge in [0.15, 0.2) is 6.61 Å². The van der Waals surface area contributed by atoms with Crippen molar-refractivity contribution in [2.45, 2.75) is 24.3 Å². The number of benzene rings is 2. The van der Waals surface area contributed by atoms with Gasteiger partial charge in [-0.25, -0.2) is 13.6 Å². The second kappa shape index (κ2) is 9.20. The molecule has 0 unspecified atom stereocenters. The molecule has 2 aromatic rings. The summed E-state index contributed by atoms with van der Waals surface area (Å²) in [6.45, 7) is 1.80. The van der Waals surface area contributed by atoms with Crippen LogP contribution in [0, 0.1) is 10.1 Å². The van der Waals surface area contributed by atoms with E-state index in [4.69, 9.17) is 9.88 Å². The van der Waals surface area contributed by atoms with Crippen LogP contribution in [0.2, 0.25) is 0 Å². The molecule has 3 rings (SSSR count). The lowest BCUT2D eigenvalue weighted by Gasteiger charge is -2.21. The number of nitro benzene ring substituents is 1. The molecule has 2 amide bonds. The van der Waals surface area contributed by atoms with Crippen molar-refractivity contribution >= 4 is 38.9 Å². The molecule has 0 fully saturated rings. The molecule has 0 saturated heterocycles. The van der Waals surface area contributed by atoms with Crippen LogP contribution in [0.4, 0.5) is 17.1 Å². The summed E-state index contributed by atoms with van der Waals surface area (Å²) < 4.78 is 28.1. The number of hydrogen-bond donors (Lipinski definition) is 4. The number of anilines is 2. The van der Waals surface area contributed by atoms with Crippen molar-refractivity contribution in [2.75, 3.05) is 23.8 Å². The van der Waals surface area contributed by atoms with E-state index in [9.17, 15) is 28.1 Å². The number of nitrogens with two attached hydrogens (primary N) is 1. The SMILES string of the molecule is C[C@H](NC(=O)CCNc1ccc(S(N)(=O)=O)cc1[N+](=O)[O-])c1ccc2c(c1)NC(=O)CO2. The molecule has 0 saturated carbocycles. The van der Waals surface area contributed by atoms with Crippen molar-refractivity contribution < 1.29 is 27.7 Å². The van der Waals surface area contributed by atoms with Crippen LogP contribution in [0.25, 0.3) is 0 Å². The summed E-state index contributed by atoms with van der Waals surface area (Å²) in [5.41, 5.74) is 0.874. The summed E-state index contributed by atoms with van der Waals surface area (Å²) in [6, 6.07) is 8.06. The van der Waals surface area contributed by atoms with E-state index in [1.807, 2.05) is 0 Å². The van der Waals surface area contributed by atoms with Crippen molar-refractivity contribution in [1.29, 1.82) is 0 Å². The van der Waals surface area contributed by atoms with Gasteiger partial charge < -0.3 is 20.7 Å². The summed E-state index contributed by atoms with van der Waals surface area (Å²) in [5, 5.41) is 24.5. The van der Waals surface area contributed by atoms with Gasteiger partial charge in [-0.3, -0.25) is 19.7 Å². The third-order valence-corrected chi connectivity index (χ3v) is 5.59. The summed E-state index contributed by atoms with van der Waals surface area (Å²) in [4.78, 5) is 33.9. The number of amides is 2. The van der Waals surface area contributed by atoms with Crippen LogP contribution in [-0.2, 0) is 19.6 Å². The van der Waals surface area contributed by atoms with Gasteiger partial charge in [0.05, 0.1) is 21.5 Å². The minimum absolute atomic E-state index is 0.00320. The highest BCUT2D eigenvalue weighted by Gasteiger charge is 2.20. The van der Waals surface area contributed by atoms with Crippen molar-refractivity contribution in [3.63, 3.8) is 0 Å². The predicted molar refractivity (Wildman–Crippen MR) is 115 cm³/mol. The fourth-order valence-electron chi connectivity index (χ4n) is 3.07. The first-order valence-corrected chi connectivity index (χ1v) is 11.0. The van der Waals surface area contributed by atoms with Crippen LogP contribution < -0.4 is 25.8 Å². The van der Waals surface area contributed by atoms with Crippen LogP contribution in [0.5, 0.6) is 5.75 Å². The fourth-order valence-corrected chi connectivity index (χ4v) is 3.60. The Hall–Kier alpha value is -3.71. The Morgan fingerprint density at radius 3 is 2.75 bits per heavy atom. The first kappa shape index (κ1) is 23.0. The molecule has 32 heavy (non-hydrogen) atoms. The third-order valence-electron chi connectivity index (χ3n) is 4.68. The molecule has 13 heteroatoms. The van der Waals surface area contributed by atoms with Crippen LogP contribution in [0.3, 0.4) is 0 Å². The van der Waals surface area contributed by atoms with Crippen LogP contribution in [0.15, 0.2) is 41.3 Å². The van der Waals surface area contributed by atoms with Gasteiger partial charge in [-0.05, 0) is 36.8 Å². The van der Waals surface area contributed by atoms with E-state index in [-0.39, 0.29) is 48.0 Å². The maximum Gasteiger partial charge on any atom is 0.293 e. The number of primary sulfonamides is 1. The Labute approximate surface area is 183 Å². The number of hydrogen-bond acceptors (Lipinski definition) is 8. The van der Waals surface area contributed by atoms with Crippen LogP contribution in [0.1, 0.15) is 24.9 Å². The van der Waals surface area contributed by atoms with E-state index in [2.05, 4.69) is 16.0 Å². The molecular formula is C19H21N5O7S. The molecule has 1 heterocycles. The number of carbonyl (C=O) groups is 2. The predicted octanol–water partition coefficient (Wildman–Crippen LogP) is 1.25. The van der Waals surface area contributed by atoms with E-state index in [1.54, 1.807) is 25.1 Å². The first-order chi connectivity index (χ1) is 15.0. The minimum Gasteiger partial charge on any atom is -0.482 e. The molecular weight excluding hydrogens is 442 g/mol. The maximum absolute atomic E-state index is 12.3. The molecule has 1 aliphatic heterocycles. The minimum atomic E-state index is -4.09. The smallest absolute Gasteiger partial charge is 0.293 e. The van der Waals surface area contributed by atoms with E-state index >= 15 is 0 Å². The quantitative estimate of drug-likeness (QED) is 0.333. The highest BCUT2D eigenvalue weighted by Crippen LogP contribution is 2.30. The van der Waals surface area contributed by atoms with E-state index in [1.165, 1.54) is 6.07 Å². The number of nitrogens with one attached hydrogen (secondary N) is 3. The molecule has 12 nitrogen and oxygen atoms in total. The molecule has 5 N–H and O–H groups in total. The largest absolute Gasteiger partial charge is 0.482 e. The van der Waals surface area contributed by atoms with Gasteiger partial charge in [-0.2, -0.15) is 0 Å². The molecule has 0 spiro atoms. The summed E-state index contributed by atoms with van der Waals surface area (Å²) in [7, 11) is -4.09. The molecule has 170 valence electrons. The topological polar surface area (TPSA) is 183 Å². The summed E-state index contributed by atoms with van der Waals surface area (Å²) in [6.07, 6.45) is 0.00320. The maximum atomic E-state index is 12.3. The van der Waals surface area contributed by atoms with Crippen molar-refractivity contribution in [3.8, 4) is 5.75 Å². The van der Waals surface area contributed by atoms with Gasteiger partial charge >= 0.3 is 0 Å². The zero-order valence-corrected chi connectivity index (χ0v) is 17.8. The van der Waals surface area contributed by atoms with Gasteiger partial charge in [0.2, 0.25) is 15.9 Å². The normalized spacial score (nSPS) is 13.9. The number of nitro groups is 1. The van der Waals surface area contributed by atoms with Gasteiger partial charge in [0.1, 0.15) is 11.4 Å². The number of carbonyl (C=O) groups excluding carboxylic acids is 2. The second-order valence-corrected chi connectivity index (χ2v) is 8.60. The van der Waals surface area contributed by atoms with Crippen molar-refractivity contribution in [1.82, 2.24) is 5.32 Å². The standard InChI is InChI=1S/C19H21N5O7S/c1-11(12-2-5-17-15(8-12)23-19(26)10-31-17)22-18(25)6-7-21-14-4-3-13(32(20,29)30)9-16(14)24(27)28/h2-5,8-9,11,21H,6-7,10H2,1H3,(H,22,25)(H,23,26)(H2,20,29,30)/t11-/m0/s1. The number of nitrogens with zero attached hydrogens (tertiary/aromatic N) is 1. The summed E-state index contributed by atoms with van der Waals surface area (Å²) in [5.74, 6) is -0.0264. The lowest BCUT2D eigenvalue weighted by molar-refractivity contribution is -0.384. The Balaban J connectivity index is 1.58. The number of rotatable bonds is 8. The number of fused-ring (bicyclic) bond motifs is 1. The van der Waals surface area contributed by atoms with E-state index in [0.29, 0.717) is 11.4 Å². The third kappa shape index (κ3) is 5.50. The van der Waals surface area contributed by atoms with Gasteiger partial charge in [-0.1, -0.05) is 6.07 Å². The molecule has 0 aliphatic carbocycles. The molecule has 1 aliphatic rings. The Morgan fingerprint density at radius 2 is 2.06 bits per heavy atom. The molecule has 0 radical (unpaired) electrons. The lowest BCUT2D eigenvalue weighted by atomic mass is 10.1. The molecule has 1 atom stereocenters. The monoisotopic (exact) mass is 463 g/mol. The lowest BCUT2D eigenvalue weighted by Crippen LogP contribution is -2.29. The van der Waals surface area contributed by atoms with Gasteiger partial charge in [0, 0.05) is 19.0 Å². The zero-order chi connectivity index (χ0) is 23.5. The Morgan fingerprint density at radius 1 is 1.31 bits per heavy atom. The first-order valence-electron chi connectivity index (χ1n) is 9.45. The highest BCUT2D eigenvalue weighted by atomic mass is 32.2. The Bertz CT molecular complexity index is 1180. The van der Waals surface area contributed by atoms with Crippen molar-refractivity contribution in [3.05, 3.63) is 52.1 Å². The van der Waals surface area contributed by atoms with Gasteiger partial charge in [-0.15, -0.1) is 0 Å². The number of sulfonamides is 1. The molecule has 0 bridgehead atoms. The zero-order valence-electron chi connectivity index (χ0n) is 17.0. The van der Waals surface area contributed by atoms with Crippen LogP contribution >= 0.6 is 0 Å². The fraction of sp³-hybridized carbons (Fsp3) is 0.263. The van der Waals surface area contributed by atoms with Crippen molar-refractivity contribution in [2.24, 2.45) is 5.14 Å². The van der Waals surface area contributed by atoms with Crippen LogP contribution in [-0.4, -0.2) is 38.3 Å². The highest BCUT2D eigenvalue weighted by molar-refractivity contribution is 7.89. The van der Waals surface area contributed by atoms with Gasteiger partial charge in [0.25, 0.3) is 11.6 Å². The molecule has 2 aromatic carbocycles. The summed E-state index contributed by atoms with van der Waals surface area (Å²) >= 11 is 0. The average molecular weight is 463 g/mol. The Kier molecular flexibility index (Phi) is 6.60. The van der Waals surface area contributed by atoms with E-state index < -0.39 is 20.6 Å². The molecule has 0 aromatic heterocycles. The second-order valence-electron chi connectivity index (χ2n) is 7.04. The number of ether oxygens (including phenoxy) is 1. The van der Waals surface area contributed by atoms with E-state index in [0.717, 1.165) is 17.7 Å². The average Bonchev–Trinajstić information content (AvgIpc) is 2.72.